The van der Waals surface area contributed by atoms with Gasteiger partial charge < -0.3 is 16.0 Å². The molecule has 0 saturated carbocycles. The highest BCUT2D eigenvalue weighted by atomic mass is 16.1. The number of benzene rings is 2. The molecule has 1 heterocycles. The van der Waals surface area contributed by atoms with Crippen molar-refractivity contribution in [3.8, 4) is 0 Å². The molecule has 27 heavy (non-hydrogen) atoms. The highest BCUT2D eigenvalue weighted by Gasteiger charge is 2.38. The lowest BCUT2D eigenvalue weighted by atomic mass is 9.79. The van der Waals surface area contributed by atoms with Crippen molar-refractivity contribution in [1.29, 1.82) is 0 Å². The van der Waals surface area contributed by atoms with Crippen molar-refractivity contribution < 1.29 is 4.79 Å². The van der Waals surface area contributed by atoms with Crippen LogP contribution < -0.4 is 16.0 Å². The summed E-state index contributed by atoms with van der Waals surface area (Å²) >= 11 is 0. The topological polar surface area (TPSA) is 53.2 Å². The van der Waals surface area contributed by atoms with Crippen LogP contribution in [0.3, 0.4) is 0 Å². The molecule has 1 saturated heterocycles. The largest absolute Gasteiger partial charge is 0.381 e. The molecule has 1 amide bonds. The molecule has 2 aromatic carbocycles. The Hall–Kier alpha value is -2.33. The Labute approximate surface area is 162 Å². The zero-order valence-corrected chi connectivity index (χ0v) is 16.8. The van der Waals surface area contributed by atoms with Crippen molar-refractivity contribution in [2.75, 3.05) is 5.32 Å². The summed E-state index contributed by atoms with van der Waals surface area (Å²) in [6.07, 6.45) is 1.86. The van der Waals surface area contributed by atoms with Gasteiger partial charge in [-0.05, 0) is 70.4 Å². The minimum Gasteiger partial charge on any atom is -0.381 e. The van der Waals surface area contributed by atoms with Crippen LogP contribution in [0.25, 0.3) is 0 Å². The summed E-state index contributed by atoms with van der Waals surface area (Å²) in [5.74, 6) is 0.0102. The predicted molar refractivity (Wildman–Crippen MR) is 112 cm³/mol. The van der Waals surface area contributed by atoms with Gasteiger partial charge in [0.2, 0.25) is 0 Å². The van der Waals surface area contributed by atoms with Crippen molar-refractivity contribution in [1.82, 2.24) is 10.6 Å². The molecule has 0 atom stereocenters. The number of carbonyl (C=O) groups excluding carboxylic acids is 1. The summed E-state index contributed by atoms with van der Waals surface area (Å²) in [6, 6.07) is 18.2. The van der Waals surface area contributed by atoms with Gasteiger partial charge in [-0.2, -0.15) is 0 Å². The Morgan fingerprint density at radius 2 is 1.56 bits per heavy atom. The highest BCUT2D eigenvalue weighted by molar-refractivity contribution is 5.94. The minimum absolute atomic E-state index is 0.0102. The van der Waals surface area contributed by atoms with Gasteiger partial charge in [0.1, 0.15) is 0 Å². The van der Waals surface area contributed by atoms with Crippen LogP contribution in [0.15, 0.2) is 54.6 Å². The van der Waals surface area contributed by atoms with E-state index in [4.69, 9.17) is 0 Å². The molecule has 1 fully saturated rings. The van der Waals surface area contributed by atoms with E-state index in [-0.39, 0.29) is 23.0 Å². The maximum absolute atomic E-state index is 12.7. The van der Waals surface area contributed by atoms with E-state index < -0.39 is 0 Å². The van der Waals surface area contributed by atoms with Gasteiger partial charge in [0.15, 0.2) is 0 Å². The molecule has 2 aromatic rings. The lowest BCUT2D eigenvalue weighted by molar-refractivity contribution is 0.0873. The average Bonchev–Trinajstić information content (AvgIpc) is 2.58. The van der Waals surface area contributed by atoms with Gasteiger partial charge in [0, 0.05) is 34.9 Å². The number of piperidine rings is 1. The molecule has 0 radical (unpaired) electrons. The fourth-order valence-electron chi connectivity index (χ4n) is 4.23. The van der Waals surface area contributed by atoms with E-state index in [1.165, 1.54) is 0 Å². The van der Waals surface area contributed by atoms with Crippen LogP contribution in [-0.2, 0) is 6.54 Å². The summed E-state index contributed by atoms with van der Waals surface area (Å²) in [5.41, 5.74) is 3.00. The van der Waals surface area contributed by atoms with Crippen LogP contribution in [0.5, 0.6) is 0 Å². The second kappa shape index (κ2) is 7.73. The standard InChI is InChI=1S/C23H31N3O/c1-22(2)14-20(15-23(3,4)26-22)25-21(27)18-12-10-17(11-13-18)16-24-19-8-6-5-7-9-19/h5-13,20,24,26H,14-16H2,1-4H3,(H,25,27). The summed E-state index contributed by atoms with van der Waals surface area (Å²) < 4.78 is 0. The molecule has 3 rings (SSSR count). The van der Waals surface area contributed by atoms with Gasteiger partial charge in [0.25, 0.3) is 5.91 Å². The molecule has 0 spiro atoms. The molecule has 144 valence electrons. The van der Waals surface area contributed by atoms with E-state index in [0.29, 0.717) is 5.56 Å². The summed E-state index contributed by atoms with van der Waals surface area (Å²) in [5, 5.41) is 10.3. The zero-order valence-electron chi connectivity index (χ0n) is 16.8. The maximum Gasteiger partial charge on any atom is 0.251 e. The molecule has 0 aliphatic carbocycles. The first-order valence-electron chi connectivity index (χ1n) is 9.71. The van der Waals surface area contributed by atoms with Crippen LogP contribution >= 0.6 is 0 Å². The average molecular weight is 366 g/mol. The van der Waals surface area contributed by atoms with Gasteiger partial charge in [-0.3, -0.25) is 4.79 Å². The number of rotatable bonds is 5. The molecule has 4 heteroatoms. The number of hydrogen-bond donors (Lipinski definition) is 3. The SMILES string of the molecule is CC1(C)CC(NC(=O)c2ccc(CNc3ccccc3)cc2)CC(C)(C)N1. The maximum atomic E-state index is 12.7. The monoisotopic (exact) mass is 365 g/mol. The van der Waals surface area contributed by atoms with Gasteiger partial charge in [0.05, 0.1) is 0 Å². The second-order valence-electron chi connectivity index (χ2n) is 8.89. The van der Waals surface area contributed by atoms with Crippen LogP contribution in [0, 0.1) is 0 Å². The first-order valence-corrected chi connectivity index (χ1v) is 9.71. The van der Waals surface area contributed by atoms with Crippen LogP contribution in [0.2, 0.25) is 0 Å². The molecule has 1 aliphatic rings. The molecular formula is C23H31N3O. The van der Waals surface area contributed by atoms with E-state index in [2.05, 4.69) is 43.6 Å². The number of para-hydroxylation sites is 1. The number of nitrogens with one attached hydrogen (secondary N) is 3. The first-order chi connectivity index (χ1) is 12.7. The van der Waals surface area contributed by atoms with Crippen LogP contribution in [0.1, 0.15) is 56.5 Å². The third-order valence-electron chi connectivity index (χ3n) is 5.01. The van der Waals surface area contributed by atoms with E-state index in [1.807, 2.05) is 54.6 Å². The second-order valence-corrected chi connectivity index (χ2v) is 8.89. The van der Waals surface area contributed by atoms with E-state index in [9.17, 15) is 4.79 Å². The highest BCUT2D eigenvalue weighted by Crippen LogP contribution is 2.28. The van der Waals surface area contributed by atoms with Crippen LogP contribution in [0.4, 0.5) is 5.69 Å². The van der Waals surface area contributed by atoms with Crippen molar-refractivity contribution in [3.05, 3.63) is 65.7 Å². The molecule has 3 N–H and O–H groups in total. The molecule has 0 unspecified atom stereocenters. The van der Waals surface area contributed by atoms with Crippen molar-refractivity contribution in [2.45, 2.75) is 64.2 Å². The fraction of sp³-hybridized carbons (Fsp3) is 0.435. The quantitative estimate of drug-likeness (QED) is 0.739. The zero-order chi connectivity index (χ0) is 19.5. The summed E-state index contributed by atoms with van der Waals surface area (Å²) in [4.78, 5) is 12.7. The normalized spacial score (nSPS) is 18.7. The molecule has 0 bridgehead atoms. The summed E-state index contributed by atoms with van der Waals surface area (Å²) in [6.45, 7) is 9.52. The van der Waals surface area contributed by atoms with Gasteiger partial charge in [-0.1, -0.05) is 30.3 Å². The third kappa shape index (κ3) is 5.57. The molecular weight excluding hydrogens is 334 g/mol. The Balaban J connectivity index is 1.57. The van der Waals surface area contributed by atoms with Gasteiger partial charge >= 0.3 is 0 Å². The Morgan fingerprint density at radius 1 is 0.963 bits per heavy atom. The lowest BCUT2D eigenvalue weighted by Gasteiger charge is -2.46. The number of amides is 1. The van der Waals surface area contributed by atoms with Crippen molar-refractivity contribution >= 4 is 11.6 Å². The Morgan fingerprint density at radius 3 is 2.15 bits per heavy atom. The van der Waals surface area contributed by atoms with Crippen molar-refractivity contribution in [2.24, 2.45) is 0 Å². The predicted octanol–water partition coefficient (Wildman–Crippen LogP) is 4.34. The fourth-order valence-corrected chi connectivity index (χ4v) is 4.23. The molecule has 1 aliphatic heterocycles. The Kier molecular flexibility index (Phi) is 5.56. The van der Waals surface area contributed by atoms with Gasteiger partial charge in [-0.25, -0.2) is 0 Å². The van der Waals surface area contributed by atoms with E-state index >= 15 is 0 Å². The van der Waals surface area contributed by atoms with Crippen LogP contribution in [-0.4, -0.2) is 23.0 Å². The molecule has 4 nitrogen and oxygen atoms in total. The minimum atomic E-state index is 0.0102. The first kappa shape index (κ1) is 19.4. The van der Waals surface area contributed by atoms with Crippen molar-refractivity contribution in [3.63, 3.8) is 0 Å². The smallest absolute Gasteiger partial charge is 0.251 e. The van der Waals surface area contributed by atoms with Gasteiger partial charge in [-0.15, -0.1) is 0 Å². The third-order valence-corrected chi connectivity index (χ3v) is 5.01. The summed E-state index contributed by atoms with van der Waals surface area (Å²) in [7, 11) is 0. The molecule has 0 aromatic heterocycles. The number of anilines is 1. The number of carbonyl (C=O) groups is 1. The van der Waals surface area contributed by atoms with E-state index in [1.54, 1.807) is 0 Å². The van der Waals surface area contributed by atoms with E-state index in [0.717, 1.165) is 30.6 Å². The Bertz CT molecular complexity index is 750. The number of hydrogen-bond acceptors (Lipinski definition) is 3. The lowest BCUT2D eigenvalue weighted by Crippen LogP contribution is -2.62.